The molecule has 2 rings (SSSR count). The molecule has 0 aliphatic rings. The van der Waals surface area contributed by atoms with Gasteiger partial charge in [0.05, 0.1) is 0 Å². The van der Waals surface area contributed by atoms with Crippen LogP contribution in [0.15, 0.2) is 29.4 Å². The van der Waals surface area contributed by atoms with Crippen molar-refractivity contribution >= 4 is 23.7 Å². The van der Waals surface area contributed by atoms with Crippen molar-refractivity contribution in [3.63, 3.8) is 0 Å². The third kappa shape index (κ3) is 1.97. The van der Waals surface area contributed by atoms with E-state index in [-0.39, 0.29) is 0 Å². The van der Waals surface area contributed by atoms with Crippen molar-refractivity contribution in [2.45, 2.75) is 30.5 Å². The van der Waals surface area contributed by atoms with Gasteiger partial charge in [-0.1, -0.05) is 19.9 Å². The number of thioether (sulfide) groups is 1. The number of pyridine rings is 1. The number of fused-ring (bicyclic) bond motifs is 1. The summed E-state index contributed by atoms with van der Waals surface area (Å²) >= 11 is 1.66. The summed E-state index contributed by atoms with van der Waals surface area (Å²) in [4.78, 5) is 15.6. The Morgan fingerprint density at radius 2 is 2.38 bits per heavy atom. The molecule has 16 heavy (non-hydrogen) atoms. The fraction of sp³-hybridized carbons (Fsp3) is 0.333. The minimum atomic E-state index is 0.476. The molecule has 1 atom stereocenters. The van der Waals surface area contributed by atoms with E-state index in [0.717, 1.165) is 23.4 Å². The van der Waals surface area contributed by atoms with Gasteiger partial charge >= 0.3 is 0 Å². The van der Waals surface area contributed by atoms with Crippen LogP contribution in [0.5, 0.6) is 0 Å². The molecule has 0 N–H and O–H groups in total. The molecule has 0 spiro atoms. The SMILES string of the molecule is CCC(C)Sc1nc2ccccn2c1C=O. The fourth-order valence-electron chi connectivity index (χ4n) is 1.46. The fourth-order valence-corrected chi connectivity index (χ4v) is 2.42. The zero-order valence-electron chi connectivity index (χ0n) is 9.38. The number of aldehydes is 1. The number of hydrogen-bond acceptors (Lipinski definition) is 3. The first-order valence-corrected chi connectivity index (χ1v) is 6.23. The molecule has 2 heterocycles. The van der Waals surface area contributed by atoms with Gasteiger partial charge in [0.1, 0.15) is 16.4 Å². The molecule has 3 nitrogen and oxygen atoms in total. The number of nitrogens with zero attached hydrogens (tertiary/aromatic N) is 2. The molecule has 0 fully saturated rings. The lowest BCUT2D eigenvalue weighted by molar-refractivity contribution is 0.111. The third-order valence-electron chi connectivity index (χ3n) is 2.53. The molecule has 4 heteroatoms. The molecule has 0 saturated carbocycles. The molecule has 0 saturated heterocycles. The van der Waals surface area contributed by atoms with Crippen molar-refractivity contribution in [1.29, 1.82) is 0 Å². The van der Waals surface area contributed by atoms with Gasteiger partial charge in [0.2, 0.25) is 0 Å². The predicted molar refractivity (Wildman–Crippen MR) is 66.2 cm³/mol. The Labute approximate surface area is 98.9 Å². The smallest absolute Gasteiger partial charge is 0.169 e. The maximum Gasteiger partial charge on any atom is 0.169 e. The normalized spacial score (nSPS) is 12.9. The largest absolute Gasteiger partial charge is 0.296 e. The molecular formula is C12H14N2OS. The number of imidazole rings is 1. The van der Waals surface area contributed by atoms with E-state index in [1.165, 1.54) is 0 Å². The lowest BCUT2D eigenvalue weighted by Gasteiger charge is -2.04. The first-order valence-electron chi connectivity index (χ1n) is 5.35. The molecule has 0 amide bonds. The topological polar surface area (TPSA) is 34.4 Å². The second-order valence-corrected chi connectivity index (χ2v) is 5.11. The van der Waals surface area contributed by atoms with Gasteiger partial charge < -0.3 is 0 Å². The molecule has 0 radical (unpaired) electrons. The highest BCUT2D eigenvalue weighted by Crippen LogP contribution is 2.27. The Kier molecular flexibility index (Phi) is 3.29. The third-order valence-corrected chi connectivity index (χ3v) is 3.79. The van der Waals surface area contributed by atoms with Gasteiger partial charge in [-0.15, -0.1) is 11.8 Å². The van der Waals surface area contributed by atoms with E-state index in [2.05, 4.69) is 18.8 Å². The Morgan fingerprint density at radius 3 is 3.06 bits per heavy atom. The summed E-state index contributed by atoms with van der Waals surface area (Å²) in [5.41, 5.74) is 1.48. The maximum absolute atomic E-state index is 11.1. The molecule has 0 aromatic carbocycles. The number of carbonyl (C=O) groups excluding carboxylic acids is 1. The highest BCUT2D eigenvalue weighted by atomic mass is 32.2. The highest BCUT2D eigenvalue weighted by molar-refractivity contribution is 7.99. The number of carbonyl (C=O) groups is 1. The lowest BCUT2D eigenvalue weighted by atomic mass is 10.4. The van der Waals surface area contributed by atoms with E-state index in [1.807, 2.05) is 28.8 Å². The minimum Gasteiger partial charge on any atom is -0.296 e. The summed E-state index contributed by atoms with van der Waals surface area (Å²) in [6.45, 7) is 4.28. The van der Waals surface area contributed by atoms with Gasteiger partial charge in [0, 0.05) is 11.4 Å². The van der Waals surface area contributed by atoms with Crippen molar-refractivity contribution in [2.24, 2.45) is 0 Å². The molecule has 2 aromatic rings. The molecule has 2 aromatic heterocycles. The second kappa shape index (κ2) is 4.70. The van der Waals surface area contributed by atoms with Gasteiger partial charge in [0.15, 0.2) is 6.29 Å². The van der Waals surface area contributed by atoms with Gasteiger partial charge in [-0.3, -0.25) is 9.20 Å². The van der Waals surface area contributed by atoms with Crippen LogP contribution in [-0.2, 0) is 0 Å². The first kappa shape index (κ1) is 11.2. The quantitative estimate of drug-likeness (QED) is 0.602. The molecule has 0 aliphatic heterocycles. The Bertz CT molecular complexity index is 507. The molecule has 84 valence electrons. The molecule has 1 unspecified atom stereocenters. The van der Waals surface area contributed by atoms with Crippen LogP contribution >= 0.6 is 11.8 Å². The summed E-state index contributed by atoms with van der Waals surface area (Å²) in [5, 5.41) is 1.30. The van der Waals surface area contributed by atoms with Crippen LogP contribution in [0, 0.1) is 0 Å². The average molecular weight is 234 g/mol. The molecule has 0 bridgehead atoms. The first-order chi connectivity index (χ1) is 7.76. The minimum absolute atomic E-state index is 0.476. The summed E-state index contributed by atoms with van der Waals surface area (Å²) in [7, 11) is 0. The van der Waals surface area contributed by atoms with E-state index in [9.17, 15) is 4.79 Å². The predicted octanol–water partition coefficient (Wildman–Crippen LogP) is 3.04. The van der Waals surface area contributed by atoms with Crippen LogP contribution in [0.4, 0.5) is 0 Å². The van der Waals surface area contributed by atoms with Crippen molar-refractivity contribution < 1.29 is 4.79 Å². The van der Waals surface area contributed by atoms with Crippen LogP contribution in [0.2, 0.25) is 0 Å². The Morgan fingerprint density at radius 1 is 1.56 bits per heavy atom. The van der Waals surface area contributed by atoms with Crippen molar-refractivity contribution in [3.05, 3.63) is 30.1 Å². The summed E-state index contributed by atoms with van der Waals surface area (Å²) in [5.74, 6) is 0. The van der Waals surface area contributed by atoms with E-state index in [0.29, 0.717) is 10.9 Å². The monoisotopic (exact) mass is 234 g/mol. The van der Waals surface area contributed by atoms with E-state index in [4.69, 9.17) is 0 Å². The second-order valence-electron chi connectivity index (χ2n) is 3.69. The van der Waals surface area contributed by atoms with Crippen molar-refractivity contribution in [3.8, 4) is 0 Å². The number of rotatable bonds is 4. The van der Waals surface area contributed by atoms with Crippen LogP contribution in [-0.4, -0.2) is 20.9 Å². The Hall–Kier alpha value is -1.29. The van der Waals surface area contributed by atoms with Crippen LogP contribution in [0.3, 0.4) is 0 Å². The van der Waals surface area contributed by atoms with E-state index < -0.39 is 0 Å². The maximum atomic E-state index is 11.1. The summed E-state index contributed by atoms with van der Waals surface area (Å²) < 4.78 is 1.83. The summed E-state index contributed by atoms with van der Waals surface area (Å²) in [6.07, 6.45) is 3.81. The van der Waals surface area contributed by atoms with Gasteiger partial charge in [0.25, 0.3) is 0 Å². The summed E-state index contributed by atoms with van der Waals surface area (Å²) in [6, 6.07) is 5.74. The highest BCUT2D eigenvalue weighted by Gasteiger charge is 2.13. The average Bonchev–Trinajstić information content (AvgIpc) is 2.65. The standard InChI is InChI=1S/C12H14N2OS/c1-3-9(2)16-12-10(8-15)14-7-5-4-6-11(14)13-12/h4-9H,3H2,1-2H3. The number of aromatic nitrogens is 2. The van der Waals surface area contributed by atoms with Crippen LogP contribution in [0.25, 0.3) is 5.65 Å². The van der Waals surface area contributed by atoms with Gasteiger partial charge in [-0.25, -0.2) is 4.98 Å². The number of hydrogen-bond donors (Lipinski definition) is 0. The van der Waals surface area contributed by atoms with Crippen molar-refractivity contribution in [1.82, 2.24) is 9.38 Å². The van der Waals surface area contributed by atoms with Gasteiger partial charge in [-0.2, -0.15) is 0 Å². The van der Waals surface area contributed by atoms with Gasteiger partial charge in [-0.05, 0) is 18.6 Å². The van der Waals surface area contributed by atoms with E-state index in [1.54, 1.807) is 11.8 Å². The lowest BCUT2D eigenvalue weighted by Crippen LogP contribution is -1.95. The van der Waals surface area contributed by atoms with E-state index >= 15 is 0 Å². The Balaban J connectivity index is 2.48. The van der Waals surface area contributed by atoms with Crippen molar-refractivity contribution in [2.75, 3.05) is 0 Å². The van der Waals surface area contributed by atoms with Crippen LogP contribution < -0.4 is 0 Å². The zero-order valence-corrected chi connectivity index (χ0v) is 10.2. The zero-order chi connectivity index (χ0) is 11.5. The molecule has 0 aliphatic carbocycles. The molecular weight excluding hydrogens is 220 g/mol. The van der Waals surface area contributed by atoms with Crippen LogP contribution in [0.1, 0.15) is 30.8 Å².